The minimum absolute atomic E-state index is 0.705. The van der Waals surface area contributed by atoms with E-state index in [4.69, 9.17) is 11.6 Å². The molecule has 0 atom stereocenters. The Hall–Kier alpha value is -1.54. The lowest BCUT2D eigenvalue weighted by Gasteiger charge is -2.07. The Bertz CT molecular complexity index is 494. The normalized spacial score (nSPS) is 10.2. The summed E-state index contributed by atoms with van der Waals surface area (Å²) in [5, 5.41) is 5.03. The molecule has 76 valence electrons. The average Bonchev–Trinajstić information content (AvgIpc) is 2.25. The molecule has 0 unspecified atom stereocenters. The van der Waals surface area contributed by atoms with Gasteiger partial charge in [0.1, 0.15) is 0 Å². The highest BCUT2D eigenvalue weighted by molar-refractivity contribution is 6.31. The molecule has 0 aliphatic rings. The van der Waals surface area contributed by atoms with Crippen molar-refractivity contribution in [1.82, 2.24) is 4.98 Å². The molecular formula is C12H11ClN2. The highest BCUT2D eigenvalue weighted by atomic mass is 35.5. The minimum Gasteiger partial charge on any atom is -0.381 e. The second-order valence-electron chi connectivity index (χ2n) is 3.19. The second kappa shape index (κ2) is 4.32. The van der Waals surface area contributed by atoms with Gasteiger partial charge in [0.2, 0.25) is 0 Å². The van der Waals surface area contributed by atoms with Gasteiger partial charge in [-0.25, -0.2) is 0 Å². The molecule has 2 nitrogen and oxygen atoms in total. The smallest absolute Gasteiger partial charge is 0.0737 e. The van der Waals surface area contributed by atoms with Crippen molar-refractivity contribution in [3.63, 3.8) is 0 Å². The van der Waals surface area contributed by atoms with E-state index in [1.807, 2.05) is 30.3 Å². The van der Waals surface area contributed by atoms with Gasteiger partial charge in [-0.1, -0.05) is 17.7 Å². The van der Waals surface area contributed by atoms with E-state index in [2.05, 4.69) is 16.9 Å². The molecule has 1 N–H and O–H groups in total. The van der Waals surface area contributed by atoms with E-state index in [9.17, 15) is 0 Å². The van der Waals surface area contributed by atoms with Crippen LogP contribution in [-0.2, 0) is 0 Å². The Morgan fingerprint density at radius 2 is 2.27 bits per heavy atom. The van der Waals surface area contributed by atoms with Gasteiger partial charge in [-0.2, -0.15) is 0 Å². The maximum Gasteiger partial charge on any atom is 0.0737 e. The van der Waals surface area contributed by atoms with E-state index >= 15 is 0 Å². The Kier molecular flexibility index (Phi) is 2.88. The van der Waals surface area contributed by atoms with Crippen LogP contribution in [0.5, 0.6) is 0 Å². The van der Waals surface area contributed by atoms with Gasteiger partial charge in [-0.05, 0) is 24.3 Å². The standard InChI is InChI=1S/C12H11ClN2/c1-2-6-14-11-5-7-15-12-8-9(13)3-4-10(11)12/h2-5,7-8H,1,6H2,(H,14,15). The molecule has 15 heavy (non-hydrogen) atoms. The van der Waals surface area contributed by atoms with Crippen LogP contribution in [-0.4, -0.2) is 11.5 Å². The third-order valence-corrected chi connectivity index (χ3v) is 2.38. The Labute approximate surface area is 93.6 Å². The van der Waals surface area contributed by atoms with Gasteiger partial charge in [-0.3, -0.25) is 4.98 Å². The maximum atomic E-state index is 5.90. The van der Waals surface area contributed by atoms with Crippen LogP contribution in [0.1, 0.15) is 0 Å². The molecule has 0 fully saturated rings. The summed E-state index contributed by atoms with van der Waals surface area (Å²) in [5.41, 5.74) is 1.95. The molecule has 0 spiro atoms. The van der Waals surface area contributed by atoms with Crippen LogP contribution >= 0.6 is 11.6 Å². The first-order chi connectivity index (χ1) is 7.31. The number of nitrogens with zero attached hydrogens (tertiary/aromatic N) is 1. The summed E-state index contributed by atoms with van der Waals surface area (Å²) in [6.45, 7) is 4.41. The van der Waals surface area contributed by atoms with Gasteiger partial charge in [0.05, 0.1) is 5.52 Å². The van der Waals surface area contributed by atoms with Crippen LogP contribution in [0.25, 0.3) is 10.9 Å². The molecule has 0 aliphatic heterocycles. The van der Waals surface area contributed by atoms with Crippen molar-refractivity contribution < 1.29 is 0 Å². The summed E-state index contributed by atoms with van der Waals surface area (Å²) in [6.07, 6.45) is 3.59. The number of halogens is 1. The highest BCUT2D eigenvalue weighted by Crippen LogP contribution is 2.23. The number of pyridine rings is 1. The van der Waals surface area contributed by atoms with E-state index in [-0.39, 0.29) is 0 Å². The Balaban J connectivity index is 2.50. The number of fused-ring (bicyclic) bond motifs is 1. The van der Waals surface area contributed by atoms with Crippen LogP contribution in [0.15, 0.2) is 43.1 Å². The van der Waals surface area contributed by atoms with Crippen LogP contribution < -0.4 is 5.32 Å². The van der Waals surface area contributed by atoms with Crippen LogP contribution in [0, 0.1) is 0 Å². The zero-order valence-electron chi connectivity index (χ0n) is 8.20. The summed E-state index contributed by atoms with van der Waals surface area (Å²) in [6, 6.07) is 7.64. The lowest BCUT2D eigenvalue weighted by atomic mass is 10.2. The summed E-state index contributed by atoms with van der Waals surface area (Å²) >= 11 is 5.90. The molecule has 2 aromatic rings. The summed E-state index contributed by atoms with van der Waals surface area (Å²) in [7, 11) is 0. The number of anilines is 1. The predicted molar refractivity (Wildman–Crippen MR) is 65.4 cm³/mol. The molecule has 1 heterocycles. The van der Waals surface area contributed by atoms with E-state index in [0.29, 0.717) is 5.02 Å². The fourth-order valence-corrected chi connectivity index (χ4v) is 1.62. The monoisotopic (exact) mass is 218 g/mol. The largest absolute Gasteiger partial charge is 0.381 e. The summed E-state index contributed by atoms with van der Waals surface area (Å²) in [4.78, 5) is 4.26. The fraction of sp³-hybridized carbons (Fsp3) is 0.0833. The molecule has 0 amide bonds. The van der Waals surface area contributed by atoms with Gasteiger partial charge in [0, 0.05) is 28.8 Å². The molecule has 0 bridgehead atoms. The third-order valence-electron chi connectivity index (χ3n) is 2.14. The molecular weight excluding hydrogens is 208 g/mol. The topological polar surface area (TPSA) is 24.9 Å². The first-order valence-electron chi connectivity index (χ1n) is 4.70. The number of hydrogen-bond donors (Lipinski definition) is 1. The van der Waals surface area contributed by atoms with E-state index in [0.717, 1.165) is 23.1 Å². The van der Waals surface area contributed by atoms with Crippen LogP contribution in [0.2, 0.25) is 5.02 Å². The number of hydrogen-bond acceptors (Lipinski definition) is 2. The number of aromatic nitrogens is 1. The van der Waals surface area contributed by atoms with Gasteiger partial charge in [-0.15, -0.1) is 6.58 Å². The zero-order chi connectivity index (χ0) is 10.7. The number of rotatable bonds is 3. The number of nitrogens with one attached hydrogen (secondary N) is 1. The quantitative estimate of drug-likeness (QED) is 0.798. The van der Waals surface area contributed by atoms with Crippen molar-refractivity contribution in [2.45, 2.75) is 0 Å². The Morgan fingerprint density at radius 3 is 3.07 bits per heavy atom. The minimum atomic E-state index is 0.705. The predicted octanol–water partition coefficient (Wildman–Crippen LogP) is 3.49. The molecule has 3 heteroatoms. The average molecular weight is 219 g/mol. The van der Waals surface area contributed by atoms with Crippen molar-refractivity contribution in [1.29, 1.82) is 0 Å². The molecule has 0 radical (unpaired) electrons. The van der Waals surface area contributed by atoms with Gasteiger partial charge in [0.15, 0.2) is 0 Å². The molecule has 0 aliphatic carbocycles. The van der Waals surface area contributed by atoms with Crippen molar-refractivity contribution in [2.24, 2.45) is 0 Å². The molecule has 0 saturated carbocycles. The number of benzene rings is 1. The molecule has 2 rings (SSSR count). The lowest BCUT2D eigenvalue weighted by Crippen LogP contribution is -1.98. The summed E-state index contributed by atoms with van der Waals surface area (Å²) in [5.74, 6) is 0. The van der Waals surface area contributed by atoms with Gasteiger partial charge in [0.25, 0.3) is 0 Å². The van der Waals surface area contributed by atoms with Gasteiger partial charge >= 0.3 is 0 Å². The van der Waals surface area contributed by atoms with Crippen LogP contribution in [0.4, 0.5) is 5.69 Å². The molecule has 1 aromatic carbocycles. The van der Waals surface area contributed by atoms with Crippen molar-refractivity contribution in [2.75, 3.05) is 11.9 Å². The first-order valence-corrected chi connectivity index (χ1v) is 5.08. The maximum absolute atomic E-state index is 5.90. The fourth-order valence-electron chi connectivity index (χ4n) is 1.46. The van der Waals surface area contributed by atoms with E-state index < -0.39 is 0 Å². The summed E-state index contributed by atoms with van der Waals surface area (Å²) < 4.78 is 0. The molecule has 1 aromatic heterocycles. The second-order valence-corrected chi connectivity index (χ2v) is 3.63. The van der Waals surface area contributed by atoms with Crippen molar-refractivity contribution in [3.8, 4) is 0 Å². The van der Waals surface area contributed by atoms with E-state index in [1.54, 1.807) is 6.20 Å². The van der Waals surface area contributed by atoms with E-state index in [1.165, 1.54) is 0 Å². The lowest BCUT2D eigenvalue weighted by molar-refractivity contribution is 1.33. The Morgan fingerprint density at radius 1 is 1.40 bits per heavy atom. The van der Waals surface area contributed by atoms with Crippen LogP contribution in [0.3, 0.4) is 0 Å². The van der Waals surface area contributed by atoms with Crippen molar-refractivity contribution >= 4 is 28.2 Å². The highest BCUT2D eigenvalue weighted by Gasteiger charge is 2.00. The SMILES string of the molecule is C=CCNc1ccnc2cc(Cl)ccc12. The molecule has 0 saturated heterocycles. The first kappa shape index (κ1) is 9.99. The third kappa shape index (κ3) is 2.10. The van der Waals surface area contributed by atoms with Gasteiger partial charge < -0.3 is 5.32 Å². The van der Waals surface area contributed by atoms with Crippen molar-refractivity contribution in [3.05, 3.63) is 48.1 Å². The zero-order valence-corrected chi connectivity index (χ0v) is 8.96.